The van der Waals surface area contributed by atoms with Gasteiger partial charge in [0.1, 0.15) is 18.0 Å². The number of aromatic nitrogens is 1. The predicted octanol–water partition coefficient (Wildman–Crippen LogP) is 1.82. The number of thiazole rings is 1. The highest BCUT2D eigenvalue weighted by Crippen LogP contribution is 2.34. The summed E-state index contributed by atoms with van der Waals surface area (Å²) in [5, 5.41) is 25.8. The molecule has 1 aromatic heterocycles. The molecular weight excluding hydrogens is 224 g/mol. The Morgan fingerprint density at radius 3 is 2.94 bits per heavy atom. The zero-order valence-corrected chi connectivity index (χ0v) is 8.98. The number of nitrogens with zero attached hydrogens (tertiary/aromatic N) is 2. The minimum atomic E-state index is -0.663. The van der Waals surface area contributed by atoms with Gasteiger partial charge in [0.2, 0.25) is 0 Å². The molecule has 0 N–H and O–H groups in total. The van der Waals surface area contributed by atoms with Gasteiger partial charge in [-0.1, -0.05) is 17.4 Å². The van der Waals surface area contributed by atoms with Crippen LogP contribution in [0, 0.1) is 16.5 Å². The molecule has 4 nitrogen and oxygen atoms in total. The lowest BCUT2D eigenvalue weighted by atomic mass is 10.2. The molecule has 2 aliphatic rings. The molecule has 79 valence electrons. The first-order valence-corrected chi connectivity index (χ1v) is 5.57. The van der Waals surface area contributed by atoms with Crippen LogP contribution in [-0.2, 0) is 0 Å². The fourth-order valence-corrected chi connectivity index (χ4v) is 2.38. The van der Waals surface area contributed by atoms with E-state index in [0.717, 1.165) is 4.73 Å². The SMILES string of the molecule is [O-][n+]1ccsc1C1=C[N+]2([O-])C=CC=CC2=[C]1. The highest BCUT2D eigenvalue weighted by Gasteiger charge is 2.30. The number of allylic oxidation sites excluding steroid dienone is 5. The molecule has 1 aromatic rings. The molecule has 0 saturated carbocycles. The summed E-state index contributed by atoms with van der Waals surface area (Å²) in [7, 11) is 0. The molecule has 16 heavy (non-hydrogen) atoms. The fourth-order valence-electron chi connectivity index (χ4n) is 1.69. The average Bonchev–Trinajstić information content (AvgIpc) is 2.80. The minimum absolute atomic E-state index is 0.497. The molecule has 3 heterocycles. The minimum Gasteiger partial charge on any atom is -0.618 e. The zero-order chi connectivity index (χ0) is 11.2. The first-order valence-electron chi connectivity index (χ1n) is 4.69. The molecule has 0 fully saturated rings. The lowest BCUT2D eigenvalue weighted by molar-refractivity contribution is -0.725. The van der Waals surface area contributed by atoms with Gasteiger partial charge >= 0.3 is 0 Å². The number of hydroxylamine groups is 3. The lowest BCUT2D eigenvalue weighted by Gasteiger charge is -2.33. The topological polar surface area (TPSA) is 50.0 Å². The van der Waals surface area contributed by atoms with E-state index in [2.05, 4.69) is 6.08 Å². The molecule has 1 radical (unpaired) electrons. The first-order chi connectivity index (χ1) is 7.69. The van der Waals surface area contributed by atoms with E-state index >= 15 is 0 Å². The van der Waals surface area contributed by atoms with Crippen molar-refractivity contribution in [1.82, 2.24) is 0 Å². The van der Waals surface area contributed by atoms with E-state index in [9.17, 15) is 10.4 Å². The second-order valence-corrected chi connectivity index (χ2v) is 4.39. The van der Waals surface area contributed by atoms with E-state index in [-0.39, 0.29) is 0 Å². The molecule has 1 atom stereocenters. The normalized spacial score (nSPS) is 26.6. The van der Waals surface area contributed by atoms with Gasteiger partial charge in [0.25, 0.3) is 5.01 Å². The highest BCUT2D eigenvalue weighted by atomic mass is 32.1. The highest BCUT2D eigenvalue weighted by molar-refractivity contribution is 7.10. The Morgan fingerprint density at radius 1 is 1.38 bits per heavy atom. The van der Waals surface area contributed by atoms with Crippen LogP contribution in [0.3, 0.4) is 0 Å². The lowest BCUT2D eigenvalue weighted by Crippen LogP contribution is -2.27. The predicted molar refractivity (Wildman–Crippen MR) is 59.9 cm³/mol. The third-order valence-corrected chi connectivity index (χ3v) is 3.32. The van der Waals surface area contributed by atoms with Crippen molar-refractivity contribution in [3.8, 4) is 0 Å². The van der Waals surface area contributed by atoms with Crippen LogP contribution < -0.4 is 4.73 Å². The number of rotatable bonds is 1. The van der Waals surface area contributed by atoms with Crippen molar-refractivity contribution >= 4 is 16.9 Å². The van der Waals surface area contributed by atoms with Crippen molar-refractivity contribution in [3.05, 3.63) is 69.4 Å². The summed E-state index contributed by atoms with van der Waals surface area (Å²) in [4.78, 5) is 0. The Bertz CT molecular complexity index is 568. The molecule has 0 saturated heterocycles. The number of quaternary nitrogens is 1. The molecule has 0 bridgehead atoms. The number of hydrogen-bond acceptors (Lipinski definition) is 3. The van der Waals surface area contributed by atoms with Crippen LogP contribution in [0.15, 0.2) is 47.9 Å². The molecule has 0 amide bonds. The van der Waals surface area contributed by atoms with Gasteiger partial charge in [-0.05, 0) is 6.08 Å². The summed E-state index contributed by atoms with van der Waals surface area (Å²) >= 11 is 1.30. The van der Waals surface area contributed by atoms with E-state index in [4.69, 9.17) is 0 Å². The van der Waals surface area contributed by atoms with Crippen LogP contribution in [0.4, 0.5) is 0 Å². The van der Waals surface area contributed by atoms with E-state index in [0.29, 0.717) is 16.3 Å². The summed E-state index contributed by atoms with van der Waals surface area (Å²) in [6.45, 7) is 0. The van der Waals surface area contributed by atoms with Crippen LogP contribution in [0.2, 0.25) is 0 Å². The van der Waals surface area contributed by atoms with Gasteiger partial charge in [0, 0.05) is 6.08 Å². The molecule has 3 rings (SSSR count). The van der Waals surface area contributed by atoms with Crippen LogP contribution in [0.1, 0.15) is 5.01 Å². The molecular formula is C11H7N2O2S. The molecule has 0 aromatic carbocycles. The Hall–Kier alpha value is -1.69. The molecule has 5 heteroatoms. The summed E-state index contributed by atoms with van der Waals surface area (Å²) in [5.41, 5.74) is 1.07. The number of fused-ring (bicyclic) bond motifs is 1. The Labute approximate surface area is 96.1 Å². The van der Waals surface area contributed by atoms with Crippen LogP contribution in [0.5, 0.6) is 0 Å². The molecule has 2 aliphatic heterocycles. The van der Waals surface area contributed by atoms with Crippen LogP contribution >= 0.6 is 11.3 Å². The molecule has 0 spiro atoms. The summed E-state index contributed by atoms with van der Waals surface area (Å²) in [6.07, 6.45) is 12.6. The quantitative estimate of drug-likeness (QED) is 0.420. The maximum absolute atomic E-state index is 12.2. The largest absolute Gasteiger partial charge is 0.618 e. The van der Waals surface area contributed by atoms with Crippen molar-refractivity contribution in [3.63, 3.8) is 0 Å². The van der Waals surface area contributed by atoms with Gasteiger partial charge in [-0.15, -0.1) is 0 Å². The van der Waals surface area contributed by atoms with Gasteiger partial charge in [0.05, 0.1) is 11.5 Å². The average molecular weight is 231 g/mol. The third kappa shape index (κ3) is 1.26. The van der Waals surface area contributed by atoms with Gasteiger partial charge in [-0.25, -0.2) is 0 Å². The Kier molecular flexibility index (Phi) is 1.88. The fraction of sp³-hybridized carbons (Fsp3) is 0. The molecule has 0 aliphatic carbocycles. The summed E-state index contributed by atoms with van der Waals surface area (Å²) in [6, 6.07) is 0. The van der Waals surface area contributed by atoms with Gasteiger partial charge in [-0.2, -0.15) is 4.73 Å². The summed E-state index contributed by atoms with van der Waals surface area (Å²) < 4.78 is 0.0891. The van der Waals surface area contributed by atoms with E-state index < -0.39 is 4.65 Å². The van der Waals surface area contributed by atoms with E-state index in [1.165, 1.54) is 29.9 Å². The van der Waals surface area contributed by atoms with Gasteiger partial charge in [-0.3, -0.25) is 4.65 Å². The first kappa shape index (κ1) is 9.53. The third-order valence-electron chi connectivity index (χ3n) is 2.44. The maximum Gasteiger partial charge on any atom is 0.286 e. The van der Waals surface area contributed by atoms with Crippen molar-refractivity contribution in [2.75, 3.05) is 0 Å². The van der Waals surface area contributed by atoms with Gasteiger partial charge in [0.15, 0.2) is 11.9 Å². The monoisotopic (exact) mass is 231 g/mol. The van der Waals surface area contributed by atoms with Crippen LogP contribution in [-0.4, -0.2) is 4.65 Å². The van der Waals surface area contributed by atoms with E-state index in [1.54, 1.807) is 23.6 Å². The standard InChI is InChI=1S/C11H7N2O2S/c14-12-4-6-16-11(12)9-7-10-3-1-2-5-13(10,15)8-9/h1-6,8H. The number of hydrogen-bond donors (Lipinski definition) is 0. The Balaban J connectivity index is 2.11. The van der Waals surface area contributed by atoms with Gasteiger partial charge < -0.3 is 10.4 Å². The summed E-state index contributed by atoms with van der Waals surface area (Å²) in [5.74, 6) is 0. The second kappa shape index (κ2) is 3.15. The second-order valence-electron chi connectivity index (χ2n) is 3.50. The smallest absolute Gasteiger partial charge is 0.286 e. The zero-order valence-electron chi connectivity index (χ0n) is 8.16. The van der Waals surface area contributed by atoms with Crippen LogP contribution in [0.25, 0.3) is 5.57 Å². The Morgan fingerprint density at radius 2 is 2.25 bits per heavy atom. The van der Waals surface area contributed by atoms with E-state index in [1.807, 2.05) is 0 Å². The molecule has 1 unspecified atom stereocenters. The maximum atomic E-state index is 12.2. The van der Waals surface area contributed by atoms with Crippen molar-refractivity contribution in [2.45, 2.75) is 0 Å². The van der Waals surface area contributed by atoms with Crippen molar-refractivity contribution < 1.29 is 9.38 Å². The van der Waals surface area contributed by atoms with Crippen molar-refractivity contribution in [2.24, 2.45) is 0 Å². The van der Waals surface area contributed by atoms with Crippen molar-refractivity contribution in [1.29, 1.82) is 0 Å².